The zero-order valence-electron chi connectivity index (χ0n) is 10.9. The van der Waals surface area contributed by atoms with Gasteiger partial charge < -0.3 is 15.5 Å². The van der Waals surface area contributed by atoms with E-state index in [1.54, 1.807) is 24.3 Å². The van der Waals surface area contributed by atoms with E-state index < -0.39 is 0 Å². The van der Waals surface area contributed by atoms with Crippen LogP contribution in [0.3, 0.4) is 0 Å². The van der Waals surface area contributed by atoms with Crippen LogP contribution in [0.4, 0.5) is 5.69 Å². The molecule has 1 atom stereocenters. The van der Waals surface area contributed by atoms with Gasteiger partial charge in [0.25, 0.3) is 0 Å². The third kappa shape index (κ3) is 3.38. The Kier molecular flexibility index (Phi) is 4.78. The molecule has 0 bridgehead atoms. The minimum atomic E-state index is -0.0480. The van der Waals surface area contributed by atoms with Gasteiger partial charge >= 0.3 is 0 Å². The maximum absolute atomic E-state index is 9.99. The second-order valence-electron chi connectivity index (χ2n) is 4.47. The quantitative estimate of drug-likeness (QED) is 0.670. The first-order valence-electron chi connectivity index (χ1n) is 6.24. The fourth-order valence-electron chi connectivity index (χ4n) is 2.00. The first kappa shape index (κ1) is 15.0. The van der Waals surface area contributed by atoms with Gasteiger partial charge in [-0.25, -0.2) is 0 Å². The van der Waals surface area contributed by atoms with Crippen molar-refractivity contribution in [2.24, 2.45) is 0 Å². The number of halogens is 2. The van der Waals surface area contributed by atoms with Crippen LogP contribution in [0.1, 0.15) is 24.9 Å². The van der Waals surface area contributed by atoms with E-state index in [4.69, 9.17) is 11.6 Å². The number of aromatic hydroxyl groups is 2. The van der Waals surface area contributed by atoms with Gasteiger partial charge in [0.15, 0.2) is 0 Å². The summed E-state index contributed by atoms with van der Waals surface area (Å²) in [7, 11) is 0. The normalized spacial score (nSPS) is 12.2. The van der Waals surface area contributed by atoms with Crippen molar-refractivity contribution >= 4 is 33.2 Å². The number of nitrogens with one attached hydrogen (secondary N) is 1. The van der Waals surface area contributed by atoms with E-state index in [9.17, 15) is 10.2 Å². The Morgan fingerprint density at radius 1 is 1.15 bits per heavy atom. The van der Waals surface area contributed by atoms with Crippen molar-refractivity contribution in [2.45, 2.75) is 19.4 Å². The monoisotopic (exact) mass is 355 g/mol. The highest BCUT2D eigenvalue weighted by atomic mass is 79.9. The predicted molar refractivity (Wildman–Crippen MR) is 85.6 cm³/mol. The summed E-state index contributed by atoms with van der Waals surface area (Å²) >= 11 is 9.30. The molecule has 0 aliphatic carbocycles. The number of anilines is 1. The molecule has 20 heavy (non-hydrogen) atoms. The van der Waals surface area contributed by atoms with Crippen molar-refractivity contribution in [1.29, 1.82) is 0 Å². The van der Waals surface area contributed by atoms with Gasteiger partial charge in [-0.05, 0) is 42.8 Å². The van der Waals surface area contributed by atoms with Crippen molar-refractivity contribution in [3.05, 3.63) is 51.5 Å². The van der Waals surface area contributed by atoms with Crippen LogP contribution in [0, 0.1) is 0 Å². The number of hydrogen-bond donors (Lipinski definition) is 3. The number of phenols is 2. The molecule has 0 aliphatic rings. The number of rotatable bonds is 4. The zero-order valence-corrected chi connectivity index (χ0v) is 13.2. The van der Waals surface area contributed by atoms with Gasteiger partial charge in [-0.1, -0.05) is 34.5 Å². The van der Waals surface area contributed by atoms with E-state index in [2.05, 4.69) is 21.2 Å². The highest BCUT2D eigenvalue weighted by molar-refractivity contribution is 9.10. The molecule has 2 rings (SSSR count). The molecule has 0 saturated carbocycles. The maximum atomic E-state index is 9.99. The summed E-state index contributed by atoms with van der Waals surface area (Å²) in [6.07, 6.45) is 0.794. The minimum Gasteiger partial charge on any atom is -0.508 e. The summed E-state index contributed by atoms with van der Waals surface area (Å²) in [6, 6.07) is 10.2. The van der Waals surface area contributed by atoms with Crippen molar-refractivity contribution in [2.75, 3.05) is 5.32 Å². The van der Waals surface area contributed by atoms with Crippen molar-refractivity contribution in [3.63, 3.8) is 0 Å². The Hall–Kier alpha value is -1.39. The van der Waals surface area contributed by atoms with Crippen LogP contribution < -0.4 is 5.32 Å². The maximum Gasteiger partial charge on any atom is 0.134 e. The van der Waals surface area contributed by atoms with Crippen LogP contribution in [0.2, 0.25) is 5.02 Å². The molecule has 2 aromatic rings. The predicted octanol–water partition coefficient (Wildman–Crippen LogP) is 5.08. The summed E-state index contributed by atoms with van der Waals surface area (Å²) in [6.45, 7) is 2.03. The summed E-state index contributed by atoms with van der Waals surface area (Å²) in [5.74, 6) is 0.299. The minimum absolute atomic E-state index is 0.0480. The molecule has 106 valence electrons. The Bertz CT molecular complexity index is 619. The van der Waals surface area contributed by atoms with E-state index >= 15 is 0 Å². The Morgan fingerprint density at radius 3 is 2.50 bits per heavy atom. The Labute approximate surface area is 131 Å². The van der Waals surface area contributed by atoms with E-state index in [1.165, 1.54) is 6.07 Å². The molecule has 5 heteroatoms. The van der Waals surface area contributed by atoms with Crippen LogP contribution >= 0.6 is 27.5 Å². The van der Waals surface area contributed by atoms with Crippen molar-refractivity contribution in [1.82, 2.24) is 0 Å². The van der Waals surface area contributed by atoms with E-state index in [0.717, 1.165) is 22.1 Å². The standard InChI is InChI=1S/C15H15BrClNO2/c1-2-13(11-7-9(16)3-5-14(11)19)18-10-4-6-15(20)12(17)8-10/h3-8,13,18-20H,2H2,1H3. The molecular formula is C15H15BrClNO2. The molecule has 0 fully saturated rings. The summed E-state index contributed by atoms with van der Waals surface area (Å²) < 4.78 is 0.911. The first-order chi connectivity index (χ1) is 9.51. The molecule has 0 radical (unpaired) electrons. The molecule has 0 aromatic heterocycles. The molecule has 0 heterocycles. The van der Waals surface area contributed by atoms with Gasteiger partial charge in [0.05, 0.1) is 11.1 Å². The van der Waals surface area contributed by atoms with Gasteiger partial charge in [-0.15, -0.1) is 0 Å². The first-order valence-corrected chi connectivity index (χ1v) is 7.41. The second kappa shape index (κ2) is 6.37. The summed E-state index contributed by atoms with van der Waals surface area (Å²) in [5.41, 5.74) is 1.60. The molecule has 2 aromatic carbocycles. The molecule has 1 unspecified atom stereocenters. The van der Waals surface area contributed by atoms with Crippen LogP contribution in [0.15, 0.2) is 40.9 Å². The molecule has 0 amide bonds. The fourth-order valence-corrected chi connectivity index (χ4v) is 2.56. The molecule has 3 nitrogen and oxygen atoms in total. The smallest absolute Gasteiger partial charge is 0.134 e. The van der Waals surface area contributed by atoms with Gasteiger partial charge in [0.1, 0.15) is 11.5 Å². The zero-order chi connectivity index (χ0) is 14.7. The van der Waals surface area contributed by atoms with Gasteiger partial charge in [-0.2, -0.15) is 0 Å². The molecule has 0 saturated heterocycles. The molecule has 0 spiro atoms. The van der Waals surface area contributed by atoms with E-state index in [1.807, 2.05) is 13.0 Å². The summed E-state index contributed by atoms with van der Waals surface area (Å²) in [5, 5.41) is 23.0. The average Bonchev–Trinajstić information content (AvgIpc) is 2.43. The second-order valence-corrected chi connectivity index (χ2v) is 5.80. The van der Waals surface area contributed by atoms with Gasteiger partial charge in [0.2, 0.25) is 0 Å². The number of hydrogen-bond acceptors (Lipinski definition) is 3. The van der Waals surface area contributed by atoms with Crippen LogP contribution in [0.5, 0.6) is 11.5 Å². The number of benzene rings is 2. The van der Waals surface area contributed by atoms with E-state index in [0.29, 0.717) is 5.02 Å². The lowest BCUT2D eigenvalue weighted by Crippen LogP contribution is -2.10. The number of phenolic OH excluding ortho intramolecular Hbond substituents is 2. The fraction of sp³-hybridized carbons (Fsp3) is 0.200. The topological polar surface area (TPSA) is 52.5 Å². The molecular weight excluding hydrogens is 342 g/mol. The lowest BCUT2D eigenvalue weighted by atomic mass is 10.0. The lowest BCUT2D eigenvalue weighted by Gasteiger charge is -2.20. The lowest BCUT2D eigenvalue weighted by molar-refractivity contribution is 0.462. The largest absolute Gasteiger partial charge is 0.508 e. The van der Waals surface area contributed by atoms with Crippen molar-refractivity contribution < 1.29 is 10.2 Å². The molecule has 0 aliphatic heterocycles. The molecule has 3 N–H and O–H groups in total. The van der Waals surface area contributed by atoms with Crippen LogP contribution in [0.25, 0.3) is 0 Å². The Balaban J connectivity index is 2.28. The van der Waals surface area contributed by atoms with Gasteiger partial charge in [-0.3, -0.25) is 0 Å². The van der Waals surface area contributed by atoms with Crippen molar-refractivity contribution in [3.8, 4) is 11.5 Å². The average molecular weight is 357 g/mol. The van der Waals surface area contributed by atoms with Gasteiger partial charge in [0, 0.05) is 15.7 Å². The summed E-state index contributed by atoms with van der Waals surface area (Å²) in [4.78, 5) is 0. The third-order valence-corrected chi connectivity index (χ3v) is 3.86. The highest BCUT2D eigenvalue weighted by Crippen LogP contribution is 2.33. The van der Waals surface area contributed by atoms with E-state index in [-0.39, 0.29) is 17.5 Å². The third-order valence-electron chi connectivity index (χ3n) is 3.06. The van der Waals surface area contributed by atoms with Crippen LogP contribution in [-0.2, 0) is 0 Å². The Morgan fingerprint density at radius 2 is 1.85 bits per heavy atom. The highest BCUT2D eigenvalue weighted by Gasteiger charge is 2.14. The SMILES string of the molecule is CCC(Nc1ccc(O)c(Cl)c1)c1cc(Br)ccc1O. The van der Waals surface area contributed by atoms with Crippen LogP contribution in [-0.4, -0.2) is 10.2 Å².